The average Bonchev–Trinajstić information content (AvgIpc) is 3.23. The quantitative estimate of drug-likeness (QED) is 0.355. The van der Waals surface area contributed by atoms with Gasteiger partial charge in [-0.05, 0) is 34.6 Å². The zero-order chi connectivity index (χ0) is 16.3. The molecule has 0 amide bonds. The highest BCUT2D eigenvalue weighted by atomic mass is 79.9. The number of thiophene rings is 1. The van der Waals surface area contributed by atoms with Gasteiger partial charge in [0.05, 0.1) is 0 Å². The molecule has 0 N–H and O–H groups in total. The predicted molar refractivity (Wildman–Crippen MR) is 111 cm³/mol. The third-order valence-electron chi connectivity index (χ3n) is 5.36. The van der Waals surface area contributed by atoms with Crippen LogP contribution in [0.1, 0.15) is 29.4 Å². The molecule has 5 rings (SSSR count). The Bertz CT molecular complexity index is 885. The van der Waals surface area contributed by atoms with E-state index in [1.807, 2.05) is 11.3 Å². The van der Waals surface area contributed by atoms with E-state index in [2.05, 4.69) is 92.5 Å². The molecule has 1 heterocycles. The second kappa shape index (κ2) is 5.82. The van der Waals surface area contributed by atoms with Crippen LogP contribution in [0.15, 0.2) is 60.7 Å². The summed E-state index contributed by atoms with van der Waals surface area (Å²) in [5.41, 5.74) is 5.91. The van der Waals surface area contributed by atoms with Gasteiger partial charge < -0.3 is 0 Å². The van der Waals surface area contributed by atoms with Gasteiger partial charge in [-0.1, -0.05) is 92.5 Å². The van der Waals surface area contributed by atoms with E-state index in [1.165, 1.54) is 27.3 Å². The Labute approximate surface area is 163 Å². The Morgan fingerprint density at radius 1 is 0.750 bits per heavy atom. The minimum absolute atomic E-state index is 0.560. The van der Waals surface area contributed by atoms with Crippen molar-refractivity contribution in [3.8, 4) is 20.9 Å². The summed E-state index contributed by atoms with van der Waals surface area (Å²) in [5, 5.41) is 0. The van der Waals surface area contributed by atoms with Crippen LogP contribution < -0.4 is 0 Å². The molecule has 2 bridgehead atoms. The SMILES string of the molecule is Br[C@@H]1[C@H]2c3c(-c4ccccc4)sc(-c4ccccc4)c3[C@@H]1C[C@H]2Br. The monoisotopic (exact) mass is 458 g/mol. The Hall–Kier alpha value is -0.900. The Kier molecular flexibility index (Phi) is 3.73. The maximum absolute atomic E-state index is 4.02. The Morgan fingerprint density at radius 2 is 1.29 bits per heavy atom. The van der Waals surface area contributed by atoms with Crippen molar-refractivity contribution in [1.82, 2.24) is 0 Å². The van der Waals surface area contributed by atoms with Crippen LogP contribution in [0.2, 0.25) is 0 Å². The molecule has 2 aliphatic carbocycles. The molecule has 2 aromatic carbocycles. The first-order valence-corrected chi connectivity index (χ1v) is 11.0. The number of rotatable bonds is 2. The summed E-state index contributed by atoms with van der Waals surface area (Å²) in [7, 11) is 0. The van der Waals surface area contributed by atoms with Crippen LogP contribution in [0.4, 0.5) is 0 Å². The van der Waals surface area contributed by atoms with Crippen molar-refractivity contribution >= 4 is 43.2 Å². The summed E-state index contributed by atoms with van der Waals surface area (Å²) in [6.45, 7) is 0. The molecule has 4 atom stereocenters. The van der Waals surface area contributed by atoms with Crippen LogP contribution >= 0.6 is 43.2 Å². The van der Waals surface area contributed by atoms with Gasteiger partial charge in [0.25, 0.3) is 0 Å². The van der Waals surface area contributed by atoms with Gasteiger partial charge in [0.15, 0.2) is 0 Å². The fourth-order valence-corrected chi connectivity index (χ4v) is 8.31. The molecule has 0 spiro atoms. The van der Waals surface area contributed by atoms with E-state index >= 15 is 0 Å². The van der Waals surface area contributed by atoms with Crippen molar-refractivity contribution in [3.05, 3.63) is 71.8 Å². The van der Waals surface area contributed by atoms with E-state index < -0.39 is 0 Å². The second-order valence-electron chi connectivity index (χ2n) is 6.65. The molecule has 1 fully saturated rings. The second-order valence-corrected chi connectivity index (χ2v) is 9.90. The van der Waals surface area contributed by atoms with E-state index in [1.54, 1.807) is 11.1 Å². The topological polar surface area (TPSA) is 0 Å². The maximum atomic E-state index is 4.02. The zero-order valence-corrected chi connectivity index (χ0v) is 16.9. The number of fused-ring (bicyclic) bond motifs is 5. The Morgan fingerprint density at radius 3 is 1.88 bits per heavy atom. The molecule has 3 aromatic rings. The molecule has 0 nitrogen and oxygen atoms in total. The standard InChI is InChI=1S/C21H16Br2S/c22-15-11-14-16-18(17(15)19(14)23)21(13-9-5-2-6-10-13)24-20(16)12-7-3-1-4-8-12/h1-10,14-15,17,19H,11H2/t14-,15+,17+,19-/m0/s1. The van der Waals surface area contributed by atoms with Gasteiger partial charge in [-0.15, -0.1) is 11.3 Å². The highest BCUT2D eigenvalue weighted by molar-refractivity contribution is 9.10. The van der Waals surface area contributed by atoms with Crippen LogP contribution in [0.5, 0.6) is 0 Å². The lowest BCUT2D eigenvalue weighted by Gasteiger charge is -2.19. The van der Waals surface area contributed by atoms with Crippen molar-refractivity contribution < 1.29 is 0 Å². The van der Waals surface area contributed by atoms with Crippen LogP contribution in [-0.4, -0.2) is 9.65 Å². The van der Waals surface area contributed by atoms with E-state index in [9.17, 15) is 0 Å². The molecular weight excluding hydrogens is 444 g/mol. The highest BCUT2D eigenvalue weighted by Gasteiger charge is 2.52. The maximum Gasteiger partial charge on any atom is 0.0387 e. The molecule has 0 saturated heterocycles. The van der Waals surface area contributed by atoms with Gasteiger partial charge in [-0.3, -0.25) is 0 Å². The lowest BCUT2D eigenvalue weighted by Crippen LogP contribution is -2.10. The number of benzene rings is 2. The van der Waals surface area contributed by atoms with Crippen molar-refractivity contribution in [2.24, 2.45) is 0 Å². The van der Waals surface area contributed by atoms with Crippen molar-refractivity contribution in [2.75, 3.05) is 0 Å². The third-order valence-corrected chi connectivity index (χ3v) is 8.83. The first kappa shape index (κ1) is 15.4. The van der Waals surface area contributed by atoms with E-state index in [0.29, 0.717) is 21.5 Å². The smallest absolute Gasteiger partial charge is 0.0387 e. The summed E-state index contributed by atoms with van der Waals surface area (Å²) in [4.78, 5) is 4.08. The fourth-order valence-electron chi connectivity index (χ4n) is 4.35. The normalized spacial score (nSPS) is 27.4. The van der Waals surface area contributed by atoms with Gasteiger partial charge in [0.2, 0.25) is 0 Å². The van der Waals surface area contributed by atoms with Crippen molar-refractivity contribution in [1.29, 1.82) is 0 Å². The summed E-state index contributed by atoms with van der Waals surface area (Å²) in [6, 6.07) is 21.8. The van der Waals surface area contributed by atoms with Crippen LogP contribution in [-0.2, 0) is 0 Å². The molecule has 0 aliphatic heterocycles. The van der Waals surface area contributed by atoms with E-state index in [0.717, 1.165) is 0 Å². The summed E-state index contributed by atoms with van der Waals surface area (Å²) < 4.78 is 0. The zero-order valence-electron chi connectivity index (χ0n) is 13.0. The van der Waals surface area contributed by atoms with Gasteiger partial charge >= 0.3 is 0 Å². The lowest BCUT2D eigenvalue weighted by molar-refractivity contribution is 0.750. The first-order chi connectivity index (χ1) is 11.8. The first-order valence-electron chi connectivity index (χ1n) is 8.31. The number of hydrogen-bond donors (Lipinski definition) is 0. The van der Waals surface area contributed by atoms with Crippen LogP contribution in [0.25, 0.3) is 20.9 Å². The number of halogens is 2. The van der Waals surface area contributed by atoms with Gasteiger partial charge in [0.1, 0.15) is 0 Å². The summed E-state index contributed by atoms with van der Waals surface area (Å²) in [6.07, 6.45) is 1.23. The molecule has 0 radical (unpaired) electrons. The third kappa shape index (κ3) is 2.14. The molecular formula is C21H16Br2S. The lowest BCUT2D eigenvalue weighted by atomic mass is 9.89. The van der Waals surface area contributed by atoms with Crippen molar-refractivity contribution in [3.63, 3.8) is 0 Å². The van der Waals surface area contributed by atoms with Crippen molar-refractivity contribution in [2.45, 2.75) is 27.9 Å². The van der Waals surface area contributed by atoms with Crippen LogP contribution in [0.3, 0.4) is 0 Å². The van der Waals surface area contributed by atoms with E-state index in [-0.39, 0.29) is 0 Å². The number of hydrogen-bond acceptors (Lipinski definition) is 1. The Balaban J connectivity index is 1.78. The van der Waals surface area contributed by atoms with Gasteiger partial charge in [-0.2, -0.15) is 0 Å². The minimum atomic E-state index is 0.560. The molecule has 0 unspecified atom stereocenters. The average molecular weight is 460 g/mol. The number of alkyl halides is 2. The molecule has 2 aliphatic rings. The molecule has 1 aromatic heterocycles. The highest BCUT2D eigenvalue weighted by Crippen LogP contribution is 2.65. The molecule has 1 saturated carbocycles. The minimum Gasteiger partial charge on any atom is -0.135 e. The van der Waals surface area contributed by atoms with Gasteiger partial charge in [0, 0.05) is 25.3 Å². The molecule has 120 valence electrons. The molecule has 3 heteroatoms. The van der Waals surface area contributed by atoms with E-state index in [4.69, 9.17) is 0 Å². The summed E-state index contributed by atoms with van der Waals surface area (Å²) in [5.74, 6) is 1.20. The van der Waals surface area contributed by atoms with Crippen LogP contribution in [0, 0.1) is 0 Å². The summed E-state index contributed by atoms with van der Waals surface area (Å²) >= 11 is 9.95. The predicted octanol–water partition coefficient (Wildman–Crippen LogP) is 7.19. The largest absolute Gasteiger partial charge is 0.135 e. The van der Waals surface area contributed by atoms with Gasteiger partial charge in [-0.25, -0.2) is 0 Å². The molecule has 24 heavy (non-hydrogen) atoms. The fraction of sp³-hybridized carbons (Fsp3) is 0.238.